The van der Waals surface area contributed by atoms with Gasteiger partial charge < -0.3 is 15.0 Å². The summed E-state index contributed by atoms with van der Waals surface area (Å²) in [6.45, 7) is 8.79. The van der Waals surface area contributed by atoms with Crippen molar-refractivity contribution in [3.8, 4) is 11.3 Å². The monoisotopic (exact) mass is 387 g/mol. The summed E-state index contributed by atoms with van der Waals surface area (Å²) < 4.78 is 19.4. The summed E-state index contributed by atoms with van der Waals surface area (Å²) in [5.41, 5.74) is 0.239. The highest BCUT2D eigenvalue weighted by Gasteiger charge is 2.31. The van der Waals surface area contributed by atoms with Crippen molar-refractivity contribution in [3.63, 3.8) is 0 Å². The van der Waals surface area contributed by atoms with E-state index >= 15 is 0 Å². The Morgan fingerprint density at radius 1 is 1.25 bits per heavy atom. The number of piperidine rings is 1. The molecule has 0 radical (unpaired) electrons. The molecule has 0 bridgehead atoms. The molecular formula is C20H26FN5O2. The molecule has 7 nitrogen and oxygen atoms in total. The van der Waals surface area contributed by atoms with Gasteiger partial charge in [0.2, 0.25) is 11.9 Å². The average molecular weight is 387 g/mol. The summed E-state index contributed by atoms with van der Waals surface area (Å²) in [4.78, 5) is 26.5. The third-order valence-electron chi connectivity index (χ3n) is 4.34. The van der Waals surface area contributed by atoms with Crippen LogP contribution in [0, 0.1) is 11.9 Å². The number of nitrogens with one attached hydrogen (secondary N) is 1. The van der Waals surface area contributed by atoms with Crippen LogP contribution in [0.15, 0.2) is 30.6 Å². The van der Waals surface area contributed by atoms with Crippen LogP contribution in [0.1, 0.15) is 34.1 Å². The number of nitrogens with zero attached hydrogens (tertiary/aromatic N) is 4. The number of likely N-dealkylation sites (tertiary alicyclic amines) is 1. The number of pyridine rings is 1. The molecule has 8 heteroatoms. The lowest BCUT2D eigenvalue weighted by Crippen LogP contribution is -2.49. The number of hydrogen-bond acceptors (Lipinski definition) is 6. The third-order valence-corrected chi connectivity index (χ3v) is 4.34. The van der Waals surface area contributed by atoms with Crippen molar-refractivity contribution in [2.45, 2.75) is 45.8 Å². The van der Waals surface area contributed by atoms with Crippen molar-refractivity contribution in [3.05, 3.63) is 36.5 Å². The SMILES string of the molecule is C[C@@H]1C[C@H](Nc2nccc(-c3cccnc3F)n2)CN(C(=O)OC(C)(C)C)C1. The standard InChI is InChI=1S/C20H26FN5O2/c1-13-10-14(12-26(11-13)19(27)28-20(2,3)4)24-18-23-9-7-16(25-18)15-6-5-8-22-17(15)21/h5-9,13-14H,10-12H2,1-4H3,(H,23,24,25)/t13-,14+/m1/s1. The van der Waals surface area contributed by atoms with Gasteiger partial charge >= 0.3 is 6.09 Å². The highest BCUT2D eigenvalue weighted by Crippen LogP contribution is 2.23. The van der Waals surface area contributed by atoms with Crippen molar-refractivity contribution >= 4 is 12.0 Å². The zero-order valence-corrected chi connectivity index (χ0v) is 16.6. The van der Waals surface area contributed by atoms with Gasteiger partial charge in [0.25, 0.3) is 0 Å². The molecule has 3 rings (SSSR count). The first kappa shape index (κ1) is 20.0. The molecule has 1 saturated heterocycles. The molecule has 2 aromatic rings. The molecule has 150 valence electrons. The van der Waals surface area contributed by atoms with Crippen LogP contribution in [0.5, 0.6) is 0 Å². The Bertz CT molecular complexity index is 839. The second-order valence-corrected chi connectivity index (χ2v) is 8.17. The fourth-order valence-electron chi connectivity index (χ4n) is 3.27. The molecule has 0 aromatic carbocycles. The molecule has 2 atom stereocenters. The van der Waals surface area contributed by atoms with Gasteiger partial charge in [-0.3, -0.25) is 0 Å². The van der Waals surface area contributed by atoms with E-state index < -0.39 is 11.5 Å². The lowest BCUT2D eigenvalue weighted by Gasteiger charge is -2.37. The fourth-order valence-corrected chi connectivity index (χ4v) is 3.27. The third kappa shape index (κ3) is 5.15. The zero-order valence-electron chi connectivity index (χ0n) is 16.6. The summed E-state index contributed by atoms with van der Waals surface area (Å²) in [7, 11) is 0. The van der Waals surface area contributed by atoms with Gasteiger partial charge in [-0.2, -0.15) is 4.39 Å². The molecule has 28 heavy (non-hydrogen) atoms. The predicted octanol–water partition coefficient (Wildman–Crippen LogP) is 3.74. The summed E-state index contributed by atoms with van der Waals surface area (Å²) >= 11 is 0. The van der Waals surface area contributed by atoms with E-state index in [0.717, 1.165) is 6.42 Å². The van der Waals surface area contributed by atoms with Crippen molar-refractivity contribution in [2.75, 3.05) is 18.4 Å². The summed E-state index contributed by atoms with van der Waals surface area (Å²) in [5.74, 6) is 0.122. The van der Waals surface area contributed by atoms with Crippen molar-refractivity contribution in [2.24, 2.45) is 5.92 Å². The van der Waals surface area contributed by atoms with Gasteiger partial charge in [0, 0.05) is 31.5 Å². The Hall–Kier alpha value is -2.77. The van der Waals surface area contributed by atoms with Gasteiger partial charge in [0.05, 0.1) is 11.3 Å². The molecule has 1 N–H and O–H groups in total. The average Bonchev–Trinajstić information content (AvgIpc) is 2.60. The normalized spacial score (nSPS) is 20.0. The first-order chi connectivity index (χ1) is 13.2. The van der Waals surface area contributed by atoms with Gasteiger partial charge in [-0.05, 0) is 51.3 Å². The second-order valence-electron chi connectivity index (χ2n) is 8.17. The maximum absolute atomic E-state index is 13.9. The number of carbonyl (C=O) groups is 1. The quantitative estimate of drug-likeness (QED) is 0.808. The minimum Gasteiger partial charge on any atom is -0.444 e. The van der Waals surface area contributed by atoms with E-state index in [1.54, 1.807) is 29.3 Å². The van der Waals surface area contributed by atoms with E-state index in [1.165, 1.54) is 6.20 Å². The van der Waals surface area contributed by atoms with Gasteiger partial charge in [-0.25, -0.2) is 19.7 Å². The number of carbonyl (C=O) groups excluding carboxylic acids is 1. The van der Waals surface area contributed by atoms with E-state index in [1.807, 2.05) is 20.8 Å². The molecule has 0 aliphatic carbocycles. The maximum atomic E-state index is 13.9. The smallest absolute Gasteiger partial charge is 0.410 e. The molecule has 1 amide bonds. The number of rotatable bonds is 3. The number of anilines is 1. The molecule has 0 unspecified atom stereocenters. The Labute approximate surface area is 164 Å². The van der Waals surface area contributed by atoms with Crippen LogP contribution >= 0.6 is 0 Å². The fraction of sp³-hybridized carbons (Fsp3) is 0.500. The van der Waals surface area contributed by atoms with E-state index in [0.29, 0.717) is 36.2 Å². The van der Waals surface area contributed by atoms with E-state index in [9.17, 15) is 9.18 Å². The predicted molar refractivity (Wildman–Crippen MR) is 104 cm³/mol. The van der Waals surface area contributed by atoms with Crippen LogP contribution in [0.25, 0.3) is 11.3 Å². The molecule has 1 aliphatic rings. The highest BCUT2D eigenvalue weighted by molar-refractivity contribution is 5.68. The summed E-state index contributed by atoms with van der Waals surface area (Å²) in [6.07, 6.45) is 3.52. The van der Waals surface area contributed by atoms with E-state index in [4.69, 9.17) is 4.74 Å². The lowest BCUT2D eigenvalue weighted by molar-refractivity contribution is 0.0162. The van der Waals surface area contributed by atoms with Gasteiger partial charge in [-0.15, -0.1) is 0 Å². The Kier molecular flexibility index (Phi) is 5.76. The number of halogens is 1. The van der Waals surface area contributed by atoms with Crippen molar-refractivity contribution in [1.29, 1.82) is 0 Å². The molecule has 0 spiro atoms. The first-order valence-electron chi connectivity index (χ1n) is 9.39. The minimum atomic E-state index is -0.575. The van der Waals surface area contributed by atoms with Crippen LogP contribution in [-0.4, -0.2) is 50.7 Å². The number of amides is 1. The number of hydrogen-bond donors (Lipinski definition) is 1. The number of aromatic nitrogens is 3. The van der Waals surface area contributed by atoms with Gasteiger partial charge in [0.1, 0.15) is 5.60 Å². The lowest BCUT2D eigenvalue weighted by atomic mass is 9.96. The minimum absolute atomic E-state index is 0.0229. The zero-order chi connectivity index (χ0) is 20.3. The van der Waals surface area contributed by atoms with Gasteiger partial charge in [0.15, 0.2) is 0 Å². The second kappa shape index (κ2) is 8.08. The Balaban J connectivity index is 1.72. The first-order valence-corrected chi connectivity index (χ1v) is 9.39. The summed E-state index contributed by atoms with van der Waals surface area (Å²) in [6, 6.07) is 4.91. The topological polar surface area (TPSA) is 80.2 Å². The molecule has 2 aromatic heterocycles. The van der Waals surface area contributed by atoms with Crippen molar-refractivity contribution < 1.29 is 13.9 Å². The van der Waals surface area contributed by atoms with Crippen LogP contribution in [0.3, 0.4) is 0 Å². The van der Waals surface area contributed by atoms with Crippen molar-refractivity contribution in [1.82, 2.24) is 19.9 Å². The largest absolute Gasteiger partial charge is 0.444 e. The molecule has 0 saturated carbocycles. The Morgan fingerprint density at radius 3 is 2.75 bits per heavy atom. The maximum Gasteiger partial charge on any atom is 0.410 e. The number of ether oxygens (including phenoxy) is 1. The molecular weight excluding hydrogens is 361 g/mol. The highest BCUT2D eigenvalue weighted by atomic mass is 19.1. The van der Waals surface area contributed by atoms with E-state index in [2.05, 4.69) is 27.2 Å². The van der Waals surface area contributed by atoms with Crippen LogP contribution in [0.2, 0.25) is 0 Å². The molecule has 1 fully saturated rings. The molecule has 1 aliphatic heterocycles. The Morgan fingerprint density at radius 2 is 2.04 bits per heavy atom. The van der Waals surface area contributed by atoms with Crippen LogP contribution in [0.4, 0.5) is 15.1 Å². The van der Waals surface area contributed by atoms with Crippen LogP contribution in [-0.2, 0) is 4.74 Å². The van der Waals surface area contributed by atoms with E-state index in [-0.39, 0.29) is 12.1 Å². The van der Waals surface area contributed by atoms with Gasteiger partial charge in [-0.1, -0.05) is 6.92 Å². The molecule has 3 heterocycles. The summed E-state index contributed by atoms with van der Waals surface area (Å²) in [5, 5.41) is 3.27. The van der Waals surface area contributed by atoms with Crippen LogP contribution < -0.4 is 5.32 Å².